The summed E-state index contributed by atoms with van der Waals surface area (Å²) in [6.07, 6.45) is 3.58. The second-order valence-electron chi connectivity index (χ2n) is 9.19. The largest absolute Gasteiger partial charge is 0.352 e. The second-order valence-corrected chi connectivity index (χ2v) is 9.62. The normalized spacial score (nSPS) is 25.7. The van der Waals surface area contributed by atoms with Gasteiger partial charge < -0.3 is 10.2 Å². The Kier molecular flexibility index (Phi) is 4.73. The molecule has 0 aliphatic carbocycles. The van der Waals surface area contributed by atoms with E-state index in [0.717, 1.165) is 0 Å². The summed E-state index contributed by atoms with van der Waals surface area (Å²) in [5.74, 6) is -2.32. The zero-order valence-corrected chi connectivity index (χ0v) is 19.4. The van der Waals surface area contributed by atoms with Crippen LogP contribution < -0.4 is 10.2 Å². The summed E-state index contributed by atoms with van der Waals surface area (Å²) in [5.41, 5.74) is 1.51. The van der Waals surface area contributed by atoms with E-state index in [4.69, 9.17) is 11.6 Å². The number of halogens is 2. The number of nitrogens with zero attached hydrogens (tertiary/aromatic N) is 1. The van der Waals surface area contributed by atoms with Crippen molar-refractivity contribution in [3.63, 3.8) is 0 Å². The van der Waals surface area contributed by atoms with Crippen molar-refractivity contribution in [2.45, 2.75) is 24.4 Å². The highest BCUT2D eigenvalue weighted by atomic mass is 35.5. The number of hydrogen-bond acceptors (Lipinski definition) is 4. The van der Waals surface area contributed by atoms with Crippen molar-refractivity contribution in [1.82, 2.24) is 0 Å². The molecule has 3 aromatic rings. The van der Waals surface area contributed by atoms with E-state index < -0.39 is 29.2 Å². The number of amides is 1. The Balaban J connectivity index is 1.65. The fraction of sp³-hybridized carbons (Fsp3) is 0.179. The Morgan fingerprint density at radius 1 is 1.06 bits per heavy atom. The lowest BCUT2D eigenvalue weighted by molar-refractivity contribution is -0.122. The van der Waals surface area contributed by atoms with Crippen LogP contribution in [0.4, 0.5) is 15.8 Å². The average molecular weight is 487 g/mol. The van der Waals surface area contributed by atoms with Crippen LogP contribution in [0.2, 0.25) is 5.02 Å². The summed E-state index contributed by atoms with van der Waals surface area (Å²) in [6.45, 7) is 1.43. The number of nitrogens with one attached hydrogen (secondary N) is 1. The van der Waals surface area contributed by atoms with Gasteiger partial charge in [-0.2, -0.15) is 0 Å². The van der Waals surface area contributed by atoms with Gasteiger partial charge in [0.1, 0.15) is 11.2 Å². The predicted molar refractivity (Wildman–Crippen MR) is 132 cm³/mol. The third kappa shape index (κ3) is 2.89. The Morgan fingerprint density at radius 3 is 2.54 bits per heavy atom. The monoisotopic (exact) mass is 486 g/mol. The molecule has 0 radical (unpaired) electrons. The highest BCUT2D eigenvalue weighted by molar-refractivity contribution is 6.30. The minimum atomic E-state index is -1.35. The summed E-state index contributed by atoms with van der Waals surface area (Å²) >= 11 is 6.06. The molecule has 7 heteroatoms. The minimum Gasteiger partial charge on any atom is -0.352 e. The first kappa shape index (κ1) is 21.7. The SMILES string of the molecule is CC(=O)[C@@H]1[C@@H](C(=O)c2ccc(Cl)cc2)[C@]2(C(=O)Nc3ccccc32)[C@H]2C=Cc3cc(F)ccc3N12. The van der Waals surface area contributed by atoms with E-state index in [2.05, 4.69) is 5.32 Å². The van der Waals surface area contributed by atoms with Gasteiger partial charge in [0.15, 0.2) is 11.6 Å². The zero-order valence-electron chi connectivity index (χ0n) is 18.7. The van der Waals surface area contributed by atoms with Crippen molar-refractivity contribution in [3.8, 4) is 0 Å². The average Bonchev–Trinajstić information content (AvgIpc) is 3.32. The predicted octanol–water partition coefficient (Wildman–Crippen LogP) is 5.04. The number of ketones is 2. The first-order valence-corrected chi connectivity index (χ1v) is 11.7. The Morgan fingerprint density at radius 2 is 1.80 bits per heavy atom. The van der Waals surface area contributed by atoms with E-state index in [9.17, 15) is 18.8 Å². The van der Waals surface area contributed by atoms with Gasteiger partial charge in [0, 0.05) is 27.5 Å². The van der Waals surface area contributed by atoms with E-state index in [1.165, 1.54) is 19.1 Å². The molecular weight excluding hydrogens is 467 g/mol. The summed E-state index contributed by atoms with van der Waals surface area (Å²) in [7, 11) is 0. The molecular formula is C28H20ClFN2O3. The molecule has 6 rings (SSSR count). The molecule has 35 heavy (non-hydrogen) atoms. The first-order chi connectivity index (χ1) is 16.8. The fourth-order valence-electron chi connectivity index (χ4n) is 6.10. The number of carbonyl (C=O) groups excluding carboxylic acids is 3. The van der Waals surface area contributed by atoms with Crippen LogP contribution in [0.3, 0.4) is 0 Å². The molecule has 0 unspecified atom stereocenters. The molecule has 0 aromatic heterocycles. The molecule has 0 bridgehead atoms. The van der Waals surface area contributed by atoms with Crippen molar-refractivity contribution in [2.24, 2.45) is 5.92 Å². The smallest absolute Gasteiger partial charge is 0.238 e. The number of Topliss-reactive ketones (excluding diaryl/α,β-unsaturated/α-hetero) is 2. The summed E-state index contributed by atoms with van der Waals surface area (Å²) in [4.78, 5) is 43.3. The Labute approximate surface area is 206 Å². The molecule has 1 saturated heterocycles. The van der Waals surface area contributed by atoms with E-state index >= 15 is 0 Å². The number of hydrogen-bond donors (Lipinski definition) is 1. The molecule has 1 amide bonds. The third-order valence-electron chi connectivity index (χ3n) is 7.42. The quantitative estimate of drug-likeness (QED) is 0.527. The molecule has 4 atom stereocenters. The molecule has 174 valence electrons. The topological polar surface area (TPSA) is 66.5 Å². The van der Waals surface area contributed by atoms with E-state index in [1.54, 1.807) is 42.5 Å². The van der Waals surface area contributed by atoms with Crippen molar-refractivity contribution >= 4 is 46.5 Å². The lowest BCUT2D eigenvalue weighted by atomic mass is 9.64. The van der Waals surface area contributed by atoms with Gasteiger partial charge in [0.2, 0.25) is 5.91 Å². The van der Waals surface area contributed by atoms with Crippen LogP contribution in [-0.4, -0.2) is 29.6 Å². The second kappa shape index (κ2) is 7.62. The Hall–Kier alpha value is -3.77. The highest BCUT2D eigenvalue weighted by Gasteiger charge is 2.69. The maximum atomic E-state index is 14.2. The molecule has 0 saturated carbocycles. The van der Waals surface area contributed by atoms with Crippen molar-refractivity contribution in [1.29, 1.82) is 0 Å². The number of benzene rings is 3. The highest BCUT2D eigenvalue weighted by Crippen LogP contribution is 2.57. The summed E-state index contributed by atoms with van der Waals surface area (Å²) < 4.78 is 14.1. The number of rotatable bonds is 3. The molecule has 1 fully saturated rings. The van der Waals surface area contributed by atoms with E-state index in [1.807, 2.05) is 29.2 Å². The molecule has 3 aliphatic rings. The first-order valence-electron chi connectivity index (χ1n) is 11.3. The van der Waals surface area contributed by atoms with Gasteiger partial charge in [-0.05, 0) is 61.0 Å². The van der Waals surface area contributed by atoms with Gasteiger partial charge in [0.05, 0.1) is 18.0 Å². The fourth-order valence-corrected chi connectivity index (χ4v) is 6.22. The zero-order chi connectivity index (χ0) is 24.5. The van der Waals surface area contributed by atoms with Crippen molar-refractivity contribution in [3.05, 3.63) is 100 Å². The van der Waals surface area contributed by atoms with Crippen molar-refractivity contribution in [2.75, 3.05) is 10.2 Å². The summed E-state index contributed by atoms with van der Waals surface area (Å²) in [6, 6.07) is 16.5. The van der Waals surface area contributed by atoms with Crippen LogP contribution in [0.25, 0.3) is 6.08 Å². The number of para-hydroxylation sites is 1. The van der Waals surface area contributed by atoms with Crippen LogP contribution in [-0.2, 0) is 15.0 Å². The van der Waals surface area contributed by atoms with Crippen LogP contribution in [0, 0.1) is 11.7 Å². The van der Waals surface area contributed by atoms with E-state index in [0.29, 0.717) is 33.1 Å². The number of anilines is 2. The maximum absolute atomic E-state index is 14.2. The molecule has 1 spiro atoms. The lowest BCUT2D eigenvalue weighted by Crippen LogP contribution is -2.51. The van der Waals surface area contributed by atoms with Crippen LogP contribution >= 0.6 is 11.6 Å². The Bertz CT molecular complexity index is 1450. The lowest BCUT2D eigenvalue weighted by Gasteiger charge is -2.37. The van der Waals surface area contributed by atoms with Gasteiger partial charge in [0.25, 0.3) is 0 Å². The maximum Gasteiger partial charge on any atom is 0.238 e. The van der Waals surface area contributed by atoms with Gasteiger partial charge in [-0.15, -0.1) is 0 Å². The molecule has 5 nitrogen and oxygen atoms in total. The van der Waals surface area contributed by atoms with Gasteiger partial charge in [-0.1, -0.05) is 42.0 Å². The standard InChI is InChI=1S/C28H20ClFN2O3/c1-15(33)25-24(26(34)16-6-9-18(29)10-7-16)28(20-4-2-3-5-21(20)31-27(28)35)23-13-8-17-14-19(30)11-12-22(17)32(23)25/h2-14,23-25H,1H3,(H,31,35)/t23-,24+,25-,28-/m1/s1. The third-order valence-corrected chi connectivity index (χ3v) is 7.67. The summed E-state index contributed by atoms with van der Waals surface area (Å²) in [5, 5.41) is 3.43. The van der Waals surface area contributed by atoms with Gasteiger partial charge >= 0.3 is 0 Å². The number of carbonyl (C=O) groups is 3. The minimum absolute atomic E-state index is 0.248. The molecule has 3 heterocycles. The van der Waals surface area contributed by atoms with Crippen LogP contribution in [0.5, 0.6) is 0 Å². The number of fused-ring (bicyclic) bond motifs is 6. The molecule has 3 aromatic carbocycles. The van der Waals surface area contributed by atoms with Gasteiger partial charge in [-0.3, -0.25) is 14.4 Å². The molecule has 3 aliphatic heterocycles. The van der Waals surface area contributed by atoms with E-state index in [-0.39, 0.29) is 17.5 Å². The van der Waals surface area contributed by atoms with Gasteiger partial charge in [-0.25, -0.2) is 4.39 Å². The van der Waals surface area contributed by atoms with Crippen LogP contribution in [0.15, 0.2) is 72.8 Å². The van der Waals surface area contributed by atoms with Crippen molar-refractivity contribution < 1.29 is 18.8 Å². The van der Waals surface area contributed by atoms with Crippen LogP contribution in [0.1, 0.15) is 28.4 Å². The molecule has 1 N–H and O–H groups in total.